The van der Waals surface area contributed by atoms with Gasteiger partial charge in [-0.1, -0.05) is 19.8 Å². The van der Waals surface area contributed by atoms with Crippen LogP contribution in [-0.2, 0) is 4.74 Å². The molecule has 1 heterocycles. The van der Waals surface area contributed by atoms with Crippen molar-refractivity contribution in [3.8, 4) is 0 Å². The Balaban J connectivity index is 1.78. The van der Waals surface area contributed by atoms with E-state index >= 15 is 0 Å². The third-order valence-corrected chi connectivity index (χ3v) is 4.22. The SMILES string of the molecule is CCC(NC(=O)NC1CCCCC1O)C1CCCO1. The number of aliphatic hydroxyl groups excluding tert-OH is 1. The molecule has 0 aromatic heterocycles. The Morgan fingerprint density at radius 1 is 1.32 bits per heavy atom. The van der Waals surface area contributed by atoms with E-state index < -0.39 is 6.10 Å². The van der Waals surface area contributed by atoms with Crippen LogP contribution in [0, 0.1) is 0 Å². The molecule has 0 aromatic carbocycles. The van der Waals surface area contributed by atoms with Gasteiger partial charge in [-0.05, 0) is 32.1 Å². The highest BCUT2D eigenvalue weighted by atomic mass is 16.5. The van der Waals surface area contributed by atoms with Gasteiger partial charge in [0, 0.05) is 6.61 Å². The summed E-state index contributed by atoms with van der Waals surface area (Å²) in [4.78, 5) is 12.0. The maximum absolute atomic E-state index is 12.0. The second-order valence-electron chi connectivity index (χ2n) is 5.64. The summed E-state index contributed by atoms with van der Waals surface area (Å²) in [6.45, 7) is 2.86. The fraction of sp³-hybridized carbons (Fsp3) is 0.929. The molecule has 2 rings (SSSR count). The predicted molar refractivity (Wildman–Crippen MR) is 73.0 cm³/mol. The fourth-order valence-electron chi connectivity index (χ4n) is 3.04. The molecule has 0 aromatic rings. The van der Waals surface area contributed by atoms with Gasteiger partial charge < -0.3 is 20.5 Å². The molecule has 3 N–H and O–H groups in total. The number of aliphatic hydroxyl groups is 1. The largest absolute Gasteiger partial charge is 0.391 e. The summed E-state index contributed by atoms with van der Waals surface area (Å²) in [6, 6.07) is -0.202. The van der Waals surface area contributed by atoms with Crippen molar-refractivity contribution in [1.29, 1.82) is 0 Å². The second-order valence-corrected chi connectivity index (χ2v) is 5.64. The van der Waals surface area contributed by atoms with E-state index in [0.29, 0.717) is 0 Å². The predicted octanol–water partition coefficient (Wildman–Crippen LogP) is 1.55. The Labute approximate surface area is 115 Å². The van der Waals surface area contributed by atoms with Crippen LogP contribution in [-0.4, -0.2) is 42.0 Å². The molecule has 4 atom stereocenters. The van der Waals surface area contributed by atoms with E-state index in [9.17, 15) is 9.90 Å². The lowest BCUT2D eigenvalue weighted by atomic mass is 9.93. The molecule has 0 bridgehead atoms. The van der Waals surface area contributed by atoms with Gasteiger partial charge in [0.05, 0.1) is 24.3 Å². The average molecular weight is 270 g/mol. The van der Waals surface area contributed by atoms with Crippen molar-refractivity contribution in [1.82, 2.24) is 10.6 Å². The number of carbonyl (C=O) groups is 1. The quantitative estimate of drug-likeness (QED) is 0.726. The molecule has 1 aliphatic carbocycles. The average Bonchev–Trinajstić information content (AvgIpc) is 2.92. The third-order valence-electron chi connectivity index (χ3n) is 4.22. The normalized spacial score (nSPS) is 32.8. The molecular weight excluding hydrogens is 244 g/mol. The summed E-state index contributed by atoms with van der Waals surface area (Å²) in [7, 11) is 0. The lowest BCUT2D eigenvalue weighted by Crippen LogP contribution is -2.53. The molecule has 1 saturated heterocycles. The summed E-state index contributed by atoms with van der Waals surface area (Å²) in [5.41, 5.74) is 0. The highest BCUT2D eigenvalue weighted by molar-refractivity contribution is 5.74. The first-order valence-electron chi connectivity index (χ1n) is 7.57. The number of ether oxygens (including phenoxy) is 1. The van der Waals surface area contributed by atoms with Crippen LogP contribution >= 0.6 is 0 Å². The highest BCUT2D eigenvalue weighted by Crippen LogP contribution is 2.19. The third kappa shape index (κ3) is 4.08. The van der Waals surface area contributed by atoms with Crippen molar-refractivity contribution >= 4 is 6.03 Å². The van der Waals surface area contributed by atoms with E-state index in [1.807, 2.05) is 0 Å². The van der Waals surface area contributed by atoms with Gasteiger partial charge in [0.2, 0.25) is 0 Å². The van der Waals surface area contributed by atoms with Crippen molar-refractivity contribution in [3.63, 3.8) is 0 Å². The van der Waals surface area contributed by atoms with Gasteiger partial charge in [-0.15, -0.1) is 0 Å². The van der Waals surface area contributed by atoms with Crippen LogP contribution in [0.2, 0.25) is 0 Å². The van der Waals surface area contributed by atoms with Gasteiger partial charge in [0.25, 0.3) is 0 Å². The van der Waals surface area contributed by atoms with Gasteiger partial charge in [-0.2, -0.15) is 0 Å². The van der Waals surface area contributed by atoms with Gasteiger partial charge in [0.1, 0.15) is 0 Å². The van der Waals surface area contributed by atoms with E-state index in [-0.39, 0.29) is 24.2 Å². The van der Waals surface area contributed by atoms with Crippen molar-refractivity contribution in [2.45, 2.75) is 76.2 Å². The summed E-state index contributed by atoms with van der Waals surface area (Å²) < 4.78 is 5.63. The molecular formula is C14H26N2O3. The number of carbonyl (C=O) groups excluding carboxylic acids is 1. The molecule has 1 aliphatic heterocycles. The Morgan fingerprint density at radius 2 is 2.11 bits per heavy atom. The standard InChI is InChI=1S/C14H26N2O3/c1-2-10(13-8-5-9-19-13)15-14(18)16-11-6-3-4-7-12(11)17/h10-13,17H,2-9H2,1H3,(H2,15,16,18). The minimum absolute atomic E-state index is 0.0724. The van der Waals surface area contributed by atoms with E-state index in [2.05, 4.69) is 17.6 Å². The molecule has 2 fully saturated rings. The second kappa shape index (κ2) is 7.10. The van der Waals surface area contributed by atoms with E-state index in [1.54, 1.807) is 0 Å². The lowest BCUT2D eigenvalue weighted by Gasteiger charge is -2.30. The molecule has 110 valence electrons. The summed E-state index contributed by atoms with van der Waals surface area (Å²) in [5.74, 6) is 0. The van der Waals surface area contributed by atoms with E-state index in [1.165, 1.54) is 0 Å². The van der Waals surface area contributed by atoms with Crippen LogP contribution in [0.1, 0.15) is 51.9 Å². The molecule has 5 nitrogen and oxygen atoms in total. The minimum atomic E-state index is -0.401. The Kier molecular flexibility index (Phi) is 5.45. The van der Waals surface area contributed by atoms with Gasteiger partial charge >= 0.3 is 6.03 Å². The molecule has 5 heteroatoms. The molecule has 2 aliphatic rings. The Bertz CT molecular complexity index is 292. The number of hydrogen-bond acceptors (Lipinski definition) is 3. The highest BCUT2D eigenvalue weighted by Gasteiger charge is 2.28. The van der Waals surface area contributed by atoms with Crippen LogP contribution < -0.4 is 10.6 Å². The van der Waals surface area contributed by atoms with Crippen molar-refractivity contribution in [2.24, 2.45) is 0 Å². The molecule has 1 saturated carbocycles. The maximum atomic E-state index is 12.0. The zero-order chi connectivity index (χ0) is 13.7. The molecule has 2 amide bonds. The first-order valence-corrected chi connectivity index (χ1v) is 7.57. The topological polar surface area (TPSA) is 70.6 Å². The zero-order valence-electron chi connectivity index (χ0n) is 11.7. The minimum Gasteiger partial charge on any atom is -0.391 e. The zero-order valence-corrected chi connectivity index (χ0v) is 11.7. The monoisotopic (exact) mass is 270 g/mol. The maximum Gasteiger partial charge on any atom is 0.315 e. The van der Waals surface area contributed by atoms with Crippen molar-refractivity contribution < 1.29 is 14.6 Å². The summed E-state index contributed by atoms with van der Waals surface area (Å²) in [5, 5.41) is 15.7. The van der Waals surface area contributed by atoms with E-state index in [0.717, 1.165) is 51.6 Å². The van der Waals surface area contributed by atoms with Gasteiger partial charge in [-0.25, -0.2) is 4.79 Å². The summed E-state index contributed by atoms with van der Waals surface area (Å²) in [6.07, 6.45) is 6.48. The van der Waals surface area contributed by atoms with Crippen LogP contribution in [0.4, 0.5) is 4.79 Å². The molecule has 19 heavy (non-hydrogen) atoms. The molecule has 4 unspecified atom stereocenters. The van der Waals surface area contributed by atoms with Gasteiger partial charge in [0.15, 0.2) is 0 Å². The summed E-state index contributed by atoms with van der Waals surface area (Å²) >= 11 is 0. The van der Waals surface area contributed by atoms with Crippen LogP contribution in [0.25, 0.3) is 0 Å². The number of amides is 2. The van der Waals surface area contributed by atoms with E-state index in [4.69, 9.17) is 4.74 Å². The number of rotatable bonds is 4. The Morgan fingerprint density at radius 3 is 2.74 bits per heavy atom. The first kappa shape index (κ1) is 14.6. The number of urea groups is 1. The fourth-order valence-corrected chi connectivity index (χ4v) is 3.04. The Hall–Kier alpha value is -0.810. The van der Waals surface area contributed by atoms with Crippen LogP contribution in [0.3, 0.4) is 0 Å². The lowest BCUT2D eigenvalue weighted by molar-refractivity contribution is 0.0757. The van der Waals surface area contributed by atoms with Gasteiger partial charge in [-0.3, -0.25) is 0 Å². The van der Waals surface area contributed by atoms with Crippen LogP contribution in [0.15, 0.2) is 0 Å². The van der Waals surface area contributed by atoms with Crippen molar-refractivity contribution in [2.75, 3.05) is 6.61 Å². The van der Waals surface area contributed by atoms with Crippen LogP contribution in [0.5, 0.6) is 0 Å². The first-order chi connectivity index (χ1) is 9.20. The number of nitrogens with one attached hydrogen (secondary N) is 2. The number of hydrogen-bond donors (Lipinski definition) is 3. The smallest absolute Gasteiger partial charge is 0.315 e. The molecule has 0 radical (unpaired) electrons. The molecule has 0 spiro atoms. The van der Waals surface area contributed by atoms with Crippen molar-refractivity contribution in [3.05, 3.63) is 0 Å².